The van der Waals surface area contributed by atoms with Crippen molar-refractivity contribution < 1.29 is 12.9 Å². The maximum atomic E-state index is 13.0. The molecule has 5 nitrogen and oxygen atoms in total. The molecule has 0 aliphatic carbocycles. The van der Waals surface area contributed by atoms with Crippen molar-refractivity contribution in [3.8, 4) is 0 Å². The lowest BCUT2D eigenvalue weighted by molar-refractivity contribution is 0.384. The summed E-state index contributed by atoms with van der Waals surface area (Å²) in [6.07, 6.45) is 1.70. The minimum Gasteiger partial charge on any atom is -0.360 e. The van der Waals surface area contributed by atoms with Crippen molar-refractivity contribution in [3.63, 3.8) is 0 Å². The molecular weight excluding hydrogens is 300 g/mol. The summed E-state index contributed by atoms with van der Waals surface area (Å²) < 4.78 is 32.7. The third-order valence-corrected chi connectivity index (χ3v) is 6.35. The molecule has 3 rings (SSSR count). The van der Waals surface area contributed by atoms with Crippen LogP contribution in [0.25, 0.3) is 0 Å². The minimum atomic E-state index is -3.59. The minimum absolute atomic E-state index is 0.112. The molecule has 1 saturated heterocycles. The van der Waals surface area contributed by atoms with Gasteiger partial charge < -0.3 is 4.52 Å². The monoisotopic (exact) mass is 320 g/mol. The van der Waals surface area contributed by atoms with Crippen LogP contribution in [0.5, 0.6) is 0 Å². The van der Waals surface area contributed by atoms with E-state index in [9.17, 15) is 8.42 Å². The molecule has 0 amide bonds. The normalized spacial score (nSPS) is 19.7. The van der Waals surface area contributed by atoms with E-state index in [1.807, 2.05) is 31.2 Å². The number of aromatic nitrogens is 1. The van der Waals surface area contributed by atoms with Gasteiger partial charge in [0.2, 0.25) is 10.0 Å². The van der Waals surface area contributed by atoms with E-state index >= 15 is 0 Å². The lowest BCUT2D eigenvalue weighted by Gasteiger charge is -2.24. The first-order valence-corrected chi connectivity index (χ1v) is 8.86. The summed E-state index contributed by atoms with van der Waals surface area (Å²) in [4.78, 5) is 0.214. The molecule has 0 saturated carbocycles. The molecule has 1 aliphatic heterocycles. The number of aryl methyl sites for hydroxylation is 3. The van der Waals surface area contributed by atoms with Crippen LogP contribution >= 0.6 is 0 Å². The van der Waals surface area contributed by atoms with E-state index in [1.54, 1.807) is 18.2 Å². The van der Waals surface area contributed by atoms with Gasteiger partial charge in [-0.15, -0.1) is 0 Å². The van der Waals surface area contributed by atoms with Crippen LogP contribution in [0.4, 0.5) is 0 Å². The van der Waals surface area contributed by atoms with Gasteiger partial charge in [-0.25, -0.2) is 8.42 Å². The zero-order chi connectivity index (χ0) is 15.9. The molecule has 1 aliphatic rings. The van der Waals surface area contributed by atoms with Crippen LogP contribution < -0.4 is 0 Å². The molecular formula is C16H20N2O3S. The topological polar surface area (TPSA) is 63.4 Å². The highest BCUT2D eigenvalue weighted by atomic mass is 32.2. The van der Waals surface area contributed by atoms with Crippen LogP contribution in [0.3, 0.4) is 0 Å². The molecule has 1 aromatic carbocycles. The molecule has 22 heavy (non-hydrogen) atoms. The van der Waals surface area contributed by atoms with Crippen molar-refractivity contribution in [1.82, 2.24) is 9.46 Å². The Kier molecular flexibility index (Phi) is 3.82. The second kappa shape index (κ2) is 5.52. The molecule has 6 heteroatoms. The first-order chi connectivity index (χ1) is 10.4. The fourth-order valence-electron chi connectivity index (χ4n) is 3.11. The second-order valence-corrected chi connectivity index (χ2v) is 7.67. The lowest BCUT2D eigenvalue weighted by Crippen LogP contribution is -2.31. The Bertz CT molecular complexity index is 759. The van der Waals surface area contributed by atoms with Crippen LogP contribution in [-0.4, -0.2) is 24.4 Å². The number of sulfonamides is 1. The second-order valence-electron chi connectivity index (χ2n) is 5.84. The van der Waals surface area contributed by atoms with Gasteiger partial charge in [0.1, 0.15) is 10.6 Å². The highest BCUT2D eigenvalue weighted by Gasteiger charge is 2.39. The Morgan fingerprint density at radius 2 is 1.86 bits per heavy atom. The average molecular weight is 320 g/mol. The maximum Gasteiger partial charge on any atom is 0.249 e. The van der Waals surface area contributed by atoms with Crippen molar-refractivity contribution in [2.75, 3.05) is 6.54 Å². The SMILES string of the molecule is Cc1ccc([C@H]2CCCN2S(=O)(=O)c2c(C)noc2C)cc1. The first kappa shape index (κ1) is 15.2. The van der Waals surface area contributed by atoms with Crippen molar-refractivity contribution in [3.05, 3.63) is 46.8 Å². The molecule has 1 atom stereocenters. The van der Waals surface area contributed by atoms with Gasteiger partial charge >= 0.3 is 0 Å². The summed E-state index contributed by atoms with van der Waals surface area (Å²) >= 11 is 0. The molecule has 0 N–H and O–H groups in total. The van der Waals surface area contributed by atoms with E-state index in [4.69, 9.17) is 4.52 Å². The Balaban J connectivity index is 2.01. The third-order valence-electron chi connectivity index (χ3n) is 4.20. The number of rotatable bonds is 3. The van der Waals surface area contributed by atoms with Crippen molar-refractivity contribution in [1.29, 1.82) is 0 Å². The molecule has 0 bridgehead atoms. The summed E-state index contributed by atoms with van der Waals surface area (Å²) in [6, 6.07) is 7.96. The molecule has 2 aromatic rings. The predicted molar refractivity (Wildman–Crippen MR) is 83.0 cm³/mol. The summed E-state index contributed by atoms with van der Waals surface area (Å²) in [5, 5.41) is 3.78. The molecule has 2 heterocycles. The molecule has 0 radical (unpaired) electrons. The van der Waals surface area contributed by atoms with Gasteiger partial charge in [-0.1, -0.05) is 35.0 Å². The van der Waals surface area contributed by atoms with E-state index in [0.717, 1.165) is 18.4 Å². The van der Waals surface area contributed by atoms with Gasteiger partial charge in [0.05, 0.1) is 6.04 Å². The predicted octanol–water partition coefficient (Wildman–Crippen LogP) is 3.13. The fourth-order valence-corrected chi connectivity index (χ4v) is 5.09. The summed E-state index contributed by atoms with van der Waals surface area (Å²) in [7, 11) is -3.59. The zero-order valence-electron chi connectivity index (χ0n) is 13.0. The van der Waals surface area contributed by atoms with Crippen molar-refractivity contribution in [2.24, 2.45) is 0 Å². The third kappa shape index (κ3) is 2.46. The lowest BCUT2D eigenvalue weighted by atomic mass is 10.0. The highest BCUT2D eigenvalue weighted by Crippen LogP contribution is 2.37. The molecule has 0 spiro atoms. The smallest absolute Gasteiger partial charge is 0.249 e. The van der Waals surface area contributed by atoms with Crippen molar-refractivity contribution >= 4 is 10.0 Å². The van der Waals surface area contributed by atoms with Gasteiger partial charge in [0.15, 0.2) is 5.76 Å². The molecule has 1 fully saturated rings. The maximum absolute atomic E-state index is 13.0. The van der Waals surface area contributed by atoms with Gasteiger partial charge in [-0.2, -0.15) is 4.31 Å². The largest absolute Gasteiger partial charge is 0.360 e. The number of hydrogen-bond acceptors (Lipinski definition) is 4. The van der Waals surface area contributed by atoms with Gasteiger partial charge in [-0.05, 0) is 39.2 Å². The van der Waals surface area contributed by atoms with E-state index in [-0.39, 0.29) is 10.9 Å². The highest BCUT2D eigenvalue weighted by molar-refractivity contribution is 7.89. The number of hydrogen-bond donors (Lipinski definition) is 0. The Morgan fingerprint density at radius 3 is 2.45 bits per heavy atom. The van der Waals surface area contributed by atoms with Crippen LogP contribution in [0.15, 0.2) is 33.7 Å². The quantitative estimate of drug-likeness (QED) is 0.871. The number of benzene rings is 1. The van der Waals surface area contributed by atoms with E-state index in [2.05, 4.69) is 5.16 Å². The summed E-state index contributed by atoms with van der Waals surface area (Å²) in [6.45, 7) is 5.87. The average Bonchev–Trinajstić information content (AvgIpc) is 3.07. The van der Waals surface area contributed by atoms with Crippen LogP contribution in [0, 0.1) is 20.8 Å². The standard InChI is InChI=1S/C16H20N2O3S/c1-11-6-8-14(9-7-11)15-5-4-10-18(15)22(19,20)16-12(2)17-21-13(16)3/h6-9,15H,4-5,10H2,1-3H3/t15-/m1/s1. The van der Waals surface area contributed by atoms with E-state index in [1.165, 1.54) is 5.56 Å². The Labute approximate surface area is 131 Å². The summed E-state index contributed by atoms with van der Waals surface area (Å²) in [5.41, 5.74) is 2.63. The molecule has 118 valence electrons. The van der Waals surface area contributed by atoms with Gasteiger partial charge in [-0.3, -0.25) is 0 Å². The van der Waals surface area contributed by atoms with Crippen LogP contribution in [-0.2, 0) is 10.0 Å². The van der Waals surface area contributed by atoms with Crippen LogP contribution in [0.1, 0.15) is 41.5 Å². The van der Waals surface area contributed by atoms with Gasteiger partial charge in [0.25, 0.3) is 0 Å². The van der Waals surface area contributed by atoms with E-state index < -0.39 is 10.0 Å². The Morgan fingerprint density at radius 1 is 1.18 bits per heavy atom. The van der Waals surface area contributed by atoms with Crippen molar-refractivity contribution in [2.45, 2.75) is 44.6 Å². The summed E-state index contributed by atoms with van der Waals surface area (Å²) in [5.74, 6) is 0.354. The Hall–Kier alpha value is -1.66. The molecule has 0 unspecified atom stereocenters. The van der Waals surface area contributed by atoms with Crippen LogP contribution in [0.2, 0.25) is 0 Å². The first-order valence-electron chi connectivity index (χ1n) is 7.42. The molecule has 1 aromatic heterocycles. The fraction of sp³-hybridized carbons (Fsp3) is 0.438. The van der Waals surface area contributed by atoms with Gasteiger partial charge in [0, 0.05) is 6.54 Å². The van der Waals surface area contributed by atoms with E-state index in [0.29, 0.717) is 18.0 Å². The zero-order valence-corrected chi connectivity index (χ0v) is 13.9. The number of nitrogens with zero attached hydrogens (tertiary/aromatic N) is 2.